The lowest BCUT2D eigenvalue weighted by atomic mass is 10.2. The number of esters is 1. The predicted octanol–water partition coefficient (Wildman–Crippen LogP) is 2.57. The Morgan fingerprint density at radius 2 is 2.17 bits per heavy atom. The molecule has 0 bridgehead atoms. The minimum Gasteiger partial charge on any atom is -0.425 e. The van der Waals surface area contributed by atoms with E-state index in [1.165, 1.54) is 6.92 Å². The van der Waals surface area contributed by atoms with Gasteiger partial charge in [-0.05, 0) is 18.6 Å². The first-order valence-electron chi connectivity index (χ1n) is 3.55. The number of para-hydroxylation sites is 1. The van der Waals surface area contributed by atoms with Gasteiger partial charge in [0.05, 0.1) is 5.02 Å². The molecular weight excluding hydrogens is 176 g/mol. The number of rotatable bonds is 1. The van der Waals surface area contributed by atoms with Gasteiger partial charge in [-0.1, -0.05) is 23.7 Å². The summed E-state index contributed by atoms with van der Waals surface area (Å²) in [6.07, 6.45) is 0. The van der Waals surface area contributed by atoms with Gasteiger partial charge in [-0.15, -0.1) is 0 Å². The molecule has 1 aromatic carbocycles. The van der Waals surface area contributed by atoms with Crippen LogP contribution >= 0.6 is 11.6 Å². The van der Waals surface area contributed by atoms with Crippen LogP contribution in [0.4, 0.5) is 0 Å². The van der Waals surface area contributed by atoms with E-state index in [2.05, 4.69) is 0 Å². The van der Waals surface area contributed by atoms with Crippen LogP contribution in [0.1, 0.15) is 12.5 Å². The fraction of sp³-hybridized carbons (Fsp3) is 0.222. The number of halogens is 1. The molecule has 0 atom stereocenters. The van der Waals surface area contributed by atoms with Crippen molar-refractivity contribution in [1.82, 2.24) is 0 Å². The van der Waals surface area contributed by atoms with Crippen LogP contribution in [-0.4, -0.2) is 5.97 Å². The van der Waals surface area contributed by atoms with Crippen LogP contribution in [0.2, 0.25) is 5.02 Å². The summed E-state index contributed by atoms with van der Waals surface area (Å²) in [7, 11) is 0. The normalized spacial score (nSPS) is 9.58. The van der Waals surface area contributed by atoms with Crippen LogP contribution in [-0.2, 0) is 4.79 Å². The molecule has 0 heterocycles. The predicted molar refractivity (Wildman–Crippen MR) is 47.5 cm³/mol. The Kier molecular flexibility index (Phi) is 2.71. The fourth-order valence-electron chi connectivity index (χ4n) is 0.890. The van der Waals surface area contributed by atoms with Crippen LogP contribution < -0.4 is 4.74 Å². The zero-order valence-electron chi connectivity index (χ0n) is 6.93. The zero-order chi connectivity index (χ0) is 9.14. The van der Waals surface area contributed by atoms with Crippen LogP contribution in [0.3, 0.4) is 0 Å². The van der Waals surface area contributed by atoms with Gasteiger partial charge in [0.1, 0.15) is 0 Å². The molecule has 0 unspecified atom stereocenters. The van der Waals surface area contributed by atoms with E-state index in [1.807, 2.05) is 19.1 Å². The smallest absolute Gasteiger partial charge is 0.308 e. The van der Waals surface area contributed by atoms with Crippen molar-refractivity contribution in [2.45, 2.75) is 13.8 Å². The van der Waals surface area contributed by atoms with Gasteiger partial charge in [-0.3, -0.25) is 4.79 Å². The molecule has 0 aliphatic carbocycles. The first kappa shape index (κ1) is 9.07. The molecule has 0 radical (unpaired) electrons. The lowest BCUT2D eigenvalue weighted by Gasteiger charge is -2.05. The standard InChI is InChI=1S/C9H9ClO2/c1-6-4-3-5-8(10)9(6)12-7(2)11/h3-5H,1-2H3. The van der Waals surface area contributed by atoms with Gasteiger partial charge in [0.15, 0.2) is 5.75 Å². The van der Waals surface area contributed by atoms with Gasteiger partial charge < -0.3 is 4.74 Å². The summed E-state index contributed by atoms with van der Waals surface area (Å²) in [6.45, 7) is 3.19. The average molecular weight is 185 g/mol. The van der Waals surface area contributed by atoms with E-state index in [1.54, 1.807) is 6.07 Å². The molecule has 2 nitrogen and oxygen atoms in total. The Labute approximate surface area is 76.1 Å². The third-order valence-electron chi connectivity index (χ3n) is 1.41. The monoisotopic (exact) mass is 184 g/mol. The Bertz CT molecular complexity index is 287. The first-order valence-corrected chi connectivity index (χ1v) is 3.92. The largest absolute Gasteiger partial charge is 0.425 e. The Hall–Kier alpha value is -1.02. The molecule has 64 valence electrons. The number of carbonyl (C=O) groups excluding carboxylic acids is 1. The maximum absolute atomic E-state index is 10.6. The maximum atomic E-state index is 10.6. The van der Waals surface area contributed by atoms with E-state index in [9.17, 15) is 4.79 Å². The maximum Gasteiger partial charge on any atom is 0.308 e. The van der Waals surface area contributed by atoms with Crippen LogP contribution in [0, 0.1) is 6.92 Å². The summed E-state index contributed by atoms with van der Waals surface area (Å²) >= 11 is 5.80. The van der Waals surface area contributed by atoms with Crippen molar-refractivity contribution in [3.8, 4) is 5.75 Å². The third kappa shape index (κ3) is 1.98. The Morgan fingerprint density at radius 3 is 2.67 bits per heavy atom. The van der Waals surface area contributed by atoms with E-state index in [4.69, 9.17) is 16.3 Å². The number of benzene rings is 1. The SMILES string of the molecule is CC(=O)Oc1c(C)cccc1Cl. The van der Waals surface area contributed by atoms with Gasteiger partial charge in [-0.2, -0.15) is 0 Å². The van der Waals surface area contributed by atoms with E-state index in [0.717, 1.165) is 5.56 Å². The molecule has 0 fully saturated rings. The van der Waals surface area contributed by atoms with E-state index >= 15 is 0 Å². The Balaban J connectivity index is 3.04. The molecule has 0 aliphatic rings. The lowest BCUT2D eigenvalue weighted by Crippen LogP contribution is -2.03. The minimum atomic E-state index is -0.355. The summed E-state index contributed by atoms with van der Waals surface area (Å²) in [5, 5.41) is 0.463. The third-order valence-corrected chi connectivity index (χ3v) is 1.71. The van der Waals surface area contributed by atoms with Gasteiger partial charge in [-0.25, -0.2) is 0 Å². The fourth-order valence-corrected chi connectivity index (χ4v) is 1.15. The number of ether oxygens (including phenoxy) is 1. The molecule has 0 aliphatic heterocycles. The van der Waals surface area contributed by atoms with Gasteiger partial charge in [0, 0.05) is 6.92 Å². The summed E-state index contributed by atoms with van der Waals surface area (Å²) in [5.74, 6) is 0.0952. The molecule has 0 amide bonds. The summed E-state index contributed by atoms with van der Waals surface area (Å²) in [4.78, 5) is 10.6. The van der Waals surface area contributed by atoms with Crippen molar-refractivity contribution in [2.75, 3.05) is 0 Å². The zero-order valence-corrected chi connectivity index (χ0v) is 7.68. The molecule has 0 saturated carbocycles. The molecule has 0 saturated heterocycles. The van der Waals surface area contributed by atoms with Crippen molar-refractivity contribution in [1.29, 1.82) is 0 Å². The highest BCUT2D eigenvalue weighted by molar-refractivity contribution is 6.32. The summed E-state index contributed by atoms with van der Waals surface area (Å²) in [5.41, 5.74) is 0.859. The number of hydrogen-bond donors (Lipinski definition) is 0. The molecule has 3 heteroatoms. The van der Waals surface area contributed by atoms with Crippen LogP contribution in [0.15, 0.2) is 18.2 Å². The van der Waals surface area contributed by atoms with E-state index in [0.29, 0.717) is 10.8 Å². The number of aryl methyl sites for hydroxylation is 1. The quantitative estimate of drug-likeness (QED) is 0.495. The number of carbonyl (C=O) groups is 1. The summed E-state index contributed by atoms with van der Waals surface area (Å²) in [6, 6.07) is 5.33. The highest BCUT2D eigenvalue weighted by atomic mass is 35.5. The first-order chi connectivity index (χ1) is 5.61. The van der Waals surface area contributed by atoms with E-state index < -0.39 is 0 Å². The van der Waals surface area contributed by atoms with Crippen molar-refractivity contribution in [3.05, 3.63) is 28.8 Å². The van der Waals surface area contributed by atoms with Crippen molar-refractivity contribution in [2.24, 2.45) is 0 Å². The van der Waals surface area contributed by atoms with Gasteiger partial charge in [0.2, 0.25) is 0 Å². The van der Waals surface area contributed by atoms with Gasteiger partial charge in [0.25, 0.3) is 0 Å². The molecule has 12 heavy (non-hydrogen) atoms. The second-order valence-corrected chi connectivity index (χ2v) is 2.89. The van der Waals surface area contributed by atoms with Crippen molar-refractivity contribution >= 4 is 17.6 Å². The second-order valence-electron chi connectivity index (χ2n) is 2.48. The average Bonchev–Trinajstić information content (AvgIpc) is 1.97. The molecular formula is C9H9ClO2. The second kappa shape index (κ2) is 3.59. The van der Waals surface area contributed by atoms with Crippen molar-refractivity contribution in [3.63, 3.8) is 0 Å². The van der Waals surface area contributed by atoms with Crippen molar-refractivity contribution < 1.29 is 9.53 Å². The molecule has 1 rings (SSSR count). The molecule has 1 aromatic rings. The molecule has 0 aromatic heterocycles. The minimum absolute atomic E-state index is 0.355. The molecule has 0 N–H and O–H groups in total. The lowest BCUT2D eigenvalue weighted by molar-refractivity contribution is -0.131. The molecule has 0 spiro atoms. The highest BCUT2D eigenvalue weighted by Crippen LogP contribution is 2.27. The Morgan fingerprint density at radius 1 is 1.50 bits per heavy atom. The van der Waals surface area contributed by atoms with Crippen LogP contribution in [0.5, 0.6) is 5.75 Å². The summed E-state index contributed by atoms with van der Waals surface area (Å²) < 4.78 is 4.90. The van der Waals surface area contributed by atoms with E-state index in [-0.39, 0.29) is 5.97 Å². The van der Waals surface area contributed by atoms with Gasteiger partial charge >= 0.3 is 5.97 Å². The van der Waals surface area contributed by atoms with Crippen LogP contribution in [0.25, 0.3) is 0 Å². The number of hydrogen-bond acceptors (Lipinski definition) is 2. The topological polar surface area (TPSA) is 26.3 Å². The highest BCUT2D eigenvalue weighted by Gasteiger charge is 2.06.